The fraction of sp³-hybridized carbons (Fsp3) is 0.500. The van der Waals surface area contributed by atoms with Gasteiger partial charge in [-0.05, 0) is 25.3 Å². The van der Waals surface area contributed by atoms with E-state index in [0.717, 1.165) is 5.69 Å². The van der Waals surface area contributed by atoms with Crippen LogP contribution in [0, 0.1) is 12.8 Å². The van der Waals surface area contributed by atoms with E-state index in [9.17, 15) is 9.59 Å². The predicted molar refractivity (Wildman–Crippen MR) is 63.9 cm³/mol. The summed E-state index contributed by atoms with van der Waals surface area (Å²) in [4.78, 5) is 25.7. The normalized spacial score (nSPS) is 12.5. The van der Waals surface area contributed by atoms with Gasteiger partial charge in [0.05, 0.1) is 5.56 Å². The number of aromatic amines is 1. The molecular formula is C12H18N2O3. The van der Waals surface area contributed by atoms with Crippen LogP contribution < -0.4 is 5.32 Å². The molecule has 17 heavy (non-hydrogen) atoms. The molecule has 0 saturated heterocycles. The van der Waals surface area contributed by atoms with Crippen molar-refractivity contribution in [3.8, 4) is 0 Å². The Balaban J connectivity index is 2.71. The van der Waals surface area contributed by atoms with Gasteiger partial charge in [-0.15, -0.1) is 0 Å². The summed E-state index contributed by atoms with van der Waals surface area (Å²) in [5.74, 6) is -1.14. The van der Waals surface area contributed by atoms with E-state index in [1.54, 1.807) is 19.2 Å². The number of hydrogen-bond acceptors (Lipinski definition) is 2. The molecule has 1 aromatic heterocycles. The van der Waals surface area contributed by atoms with Crippen molar-refractivity contribution < 1.29 is 14.7 Å². The van der Waals surface area contributed by atoms with Gasteiger partial charge in [-0.3, -0.25) is 4.79 Å². The number of amides is 1. The zero-order chi connectivity index (χ0) is 13.0. The number of carbonyl (C=O) groups is 2. The Morgan fingerprint density at radius 2 is 2.12 bits per heavy atom. The van der Waals surface area contributed by atoms with Gasteiger partial charge >= 0.3 is 5.97 Å². The van der Waals surface area contributed by atoms with Crippen LogP contribution in [0.3, 0.4) is 0 Å². The highest BCUT2D eigenvalue weighted by molar-refractivity contribution is 5.97. The van der Waals surface area contributed by atoms with Crippen LogP contribution in [0.5, 0.6) is 0 Å². The third-order valence-electron chi connectivity index (χ3n) is 2.51. The maximum atomic E-state index is 11.8. The second-order valence-corrected chi connectivity index (χ2v) is 4.51. The second kappa shape index (κ2) is 5.52. The van der Waals surface area contributed by atoms with Gasteiger partial charge in [0.2, 0.25) is 0 Å². The topological polar surface area (TPSA) is 82.2 Å². The first-order chi connectivity index (χ1) is 7.91. The Kier molecular flexibility index (Phi) is 4.31. The van der Waals surface area contributed by atoms with Crippen molar-refractivity contribution in [2.45, 2.75) is 33.2 Å². The smallest absolute Gasteiger partial charge is 0.326 e. The highest BCUT2D eigenvalue weighted by Gasteiger charge is 2.22. The van der Waals surface area contributed by atoms with Crippen molar-refractivity contribution in [3.05, 3.63) is 23.5 Å². The number of hydrogen-bond donors (Lipinski definition) is 3. The van der Waals surface area contributed by atoms with E-state index in [1.165, 1.54) is 0 Å². The monoisotopic (exact) mass is 238 g/mol. The van der Waals surface area contributed by atoms with Gasteiger partial charge in [0.1, 0.15) is 6.04 Å². The number of carboxylic acids is 1. The molecule has 1 rings (SSSR count). The maximum Gasteiger partial charge on any atom is 0.326 e. The van der Waals surface area contributed by atoms with Gasteiger partial charge in [-0.25, -0.2) is 4.79 Å². The highest BCUT2D eigenvalue weighted by atomic mass is 16.4. The van der Waals surface area contributed by atoms with E-state index < -0.39 is 12.0 Å². The summed E-state index contributed by atoms with van der Waals surface area (Å²) in [6.07, 6.45) is 2.08. The van der Waals surface area contributed by atoms with E-state index in [-0.39, 0.29) is 11.8 Å². The molecule has 1 heterocycles. The molecule has 0 unspecified atom stereocenters. The molecule has 0 aliphatic heterocycles. The Hall–Kier alpha value is -1.78. The van der Waals surface area contributed by atoms with E-state index in [4.69, 9.17) is 5.11 Å². The van der Waals surface area contributed by atoms with Gasteiger partial charge in [0.25, 0.3) is 5.91 Å². The number of H-pyrrole nitrogens is 1. The molecule has 1 amide bonds. The molecule has 0 aliphatic carbocycles. The first kappa shape index (κ1) is 13.3. The molecular weight excluding hydrogens is 220 g/mol. The summed E-state index contributed by atoms with van der Waals surface area (Å²) in [6.45, 7) is 5.61. The van der Waals surface area contributed by atoms with Crippen molar-refractivity contribution in [3.63, 3.8) is 0 Å². The summed E-state index contributed by atoms with van der Waals surface area (Å²) in [5, 5.41) is 11.5. The molecule has 1 atom stereocenters. The fourth-order valence-electron chi connectivity index (χ4n) is 1.63. The van der Waals surface area contributed by atoms with Crippen molar-refractivity contribution in [2.75, 3.05) is 0 Å². The Morgan fingerprint density at radius 3 is 2.53 bits per heavy atom. The zero-order valence-electron chi connectivity index (χ0n) is 10.3. The molecule has 0 aliphatic rings. The van der Waals surface area contributed by atoms with Crippen LogP contribution in [0.4, 0.5) is 0 Å². The Morgan fingerprint density at radius 1 is 1.47 bits per heavy atom. The third kappa shape index (κ3) is 3.62. The van der Waals surface area contributed by atoms with Crippen molar-refractivity contribution in [1.29, 1.82) is 0 Å². The van der Waals surface area contributed by atoms with E-state index in [2.05, 4.69) is 10.3 Å². The fourth-order valence-corrected chi connectivity index (χ4v) is 1.63. The zero-order valence-corrected chi connectivity index (χ0v) is 10.3. The Bertz CT molecular complexity index is 410. The molecule has 0 saturated carbocycles. The van der Waals surface area contributed by atoms with Crippen LogP contribution in [0.15, 0.2) is 12.3 Å². The number of nitrogens with one attached hydrogen (secondary N) is 2. The van der Waals surface area contributed by atoms with Crippen LogP contribution in [-0.2, 0) is 4.79 Å². The van der Waals surface area contributed by atoms with E-state index in [0.29, 0.717) is 12.0 Å². The molecule has 0 spiro atoms. The predicted octanol–water partition coefficient (Wildman–Crippen LogP) is 1.55. The minimum Gasteiger partial charge on any atom is -0.480 e. The minimum atomic E-state index is -1.000. The number of aromatic nitrogens is 1. The second-order valence-electron chi connectivity index (χ2n) is 4.51. The lowest BCUT2D eigenvalue weighted by atomic mass is 10.0. The molecule has 0 aromatic carbocycles. The van der Waals surface area contributed by atoms with Crippen LogP contribution in [-0.4, -0.2) is 28.0 Å². The lowest BCUT2D eigenvalue weighted by Crippen LogP contribution is -2.41. The summed E-state index contributed by atoms with van der Waals surface area (Å²) in [6, 6.07) is 0.802. The standard InChI is InChI=1S/C12H18N2O3/c1-7(2)6-10(12(16)17)14-11(15)9-4-5-13-8(9)3/h4-5,7,10,13H,6H2,1-3H3,(H,14,15)(H,16,17)/t10-/m1/s1. The molecule has 94 valence electrons. The molecule has 5 heteroatoms. The summed E-state index contributed by atoms with van der Waals surface area (Å²) < 4.78 is 0. The molecule has 3 N–H and O–H groups in total. The van der Waals surface area contributed by atoms with Crippen LogP contribution in [0.1, 0.15) is 36.3 Å². The van der Waals surface area contributed by atoms with Crippen LogP contribution in [0.2, 0.25) is 0 Å². The van der Waals surface area contributed by atoms with E-state index >= 15 is 0 Å². The molecule has 0 radical (unpaired) electrons. The first-order valence-corrected chi connectivity index (χ1v) is 5.59. The number of aryl methyl sites for hydroxylation is 1. The largest absolute Gasteiger partial charge is 0.480 e. The van der Waals surface area contributed by atoms with Crippen LogP contribution in [0.25, 0.3) is 0 Å². The minimum absolute atomic E-state index is 0.212. The molecule has 1 aromatic rings. The maximum absolute atomic E-state index is 11.8. The van der Waals surface area contributed by atoms with Gasteiger partial charge in [0, 0.05) is 11.9 Å². The molecule has 0 fully saturated rings. The third-order valence-corrected chi connectivity index (χ3v) is 2.51. The molecule has 0 bridgehead atoms. The van der Waals surface area contributed by atoms with Crippen molar-refractivity contribution >= 4 is 11.9 Å². The molecule has 5 nitrogen and oxygen atoms in total. The quantitative estimate of drug-likeness (QED) is 0.728. The van der Waals surface area contributed by atoms with Gasteiger partial charge in [0.15, 0.2) is 0 Å². The lowest BCUT2D eigenvalue weighted by Gasteiger charge is -2.16. The SMILES string of the molecule is Cc1[nH]ccc1C(=O)N[C@H](CC(C)C)C(=O)O. The van der Waals surface area contributed by atoms with Gasteiger partial charge < -0.3 is 15.4 Å². The van der Waals surface area contributed by atoms with Crippen molar-refractivity contribution in [1.82, 2.24) is 10.3 Å². The number of rotatable bonds is 5. The first-order valence-electron chi connectivity index (χ1n) is 5.59. The van der Waals surface area contributed by atoms with Crippen molar-refractivity contribution in [2.24, 2.45) is 5.92 Å². The summed E-state index contributed by atoms with van der Waals surface area (Å²) >= 11 is 0. The van der Waals surface area contributed by atoms with Gasteiger partial charge in [-0.2, -0.15) is 0 Å². The summed E-state index contributed by atoms with van der Waals surface area (Å²) in [5.41, 5.74) is 1.22. The number of carbonyl (C=O) groups excluding carboxylic acids is 1. The number of aliphatic carboxylic acids is 1. The van der Waals surface area contributed by atoms with Crippen LogP contribution >= 0.6 is 0 Å². The number of carboxylic acid groups (broad SMARTS) is 1. The van der Waals surface area contributed by atoms with Gasteiger partial charge in [-0.1, -0.05) is 13.8 Å². The average molecular weight is 238 g/mol. The highest BCUT2D eigenvalue weighted by Crippen LogP contribution is 2.08. The Labute approximate surface area is 100 Å². The average Bonchev–Trinajstić information content (AvgIpc) is 2.62. The summed E-state index contributed by atoms with van der Waals surface area (Å²) in [7, 11) is 0. The van der Waals surface area contributed by atoms with E-state index in [1.807, 2.05) is 13.8 Å². The lowest BCUT2D eigenvalue weighted by molar-refractivity contribution is -0.139.